The van der Waals surface area contributed by atoms with Crippen LogP contribution < -0.4 is 24.4 Å². The Labute approximate surface area is 283 Å². The molecule has 12 heteroatoms. The van der Waals surface area contributed by atoms with Crippen LogP contribution in [0.2, 0.25) is 20.1 Å². The SMILES string of the molecule is CCOC(=O)C1=C(C)N=c2s/c(=C\c3cc(Cl)cc(Cl)c3OCc3ccc(Cl)cc3Cl)c(=O)n2[C@@H]1c1ccccc1OC(C)C. The van der Waals surface area contributed by atoms with E-state index in [1.165, 1.54) is 15.9 Å². The van der Waals surface area contributed by atoms with Crippen molar-refractivity contribution in [2.24, 2.45) is 4.99 Å². The van der Waals surface area contributed by atoms with Gasteiger partial charge in [0, 0.05) is 31.8 Å². The fraction of sp³-hybridized carbons (Fsp3) is 0.242. The summed E-state index contributed by atoms with van der Waals surface area (Å²) in [5.41, 5.74) is 2.13. The zero-order valence-corrected chi connectivity index (χ0v) is 28.5. The average molecular weight is 706 g/mol. The van der Waals surface area contributed by atoms with Crippen LogP contribution in [0.3, 0.4) is 0 Å². The number of para-hydroxylation sites is 1. The lowest BCUT2D eigenvalue weighted by Gasteiger charge is -2.26. The number of ether oxygens (including phenoxy) is 3. The summed E-state index contributed by atoms with van der Waals surface area (Å²) in [6.45, 7) is 7.53. The molecule has 5 rings (SSSR count). The zero-order chi connectivity index (χ0) is 32.4. The summed E-state index contributed by atoms with van der Waals surface area (Å²) in [6.07, 6.45) is 1.50. The van der Waals surface area contributed by atoms with E-state index in [0.717, 1.165) is 0 Å². The Morgan fingerprint density at radius 3 is 2.49 bits per heavy atom. The first-order valence-electron chi connectivity index (χ1n) is 14.0. The second kappa shape index (κ2) is 14.0. The molecule has 234 valence electrons. The van der Waals surface area contributed by atoms with Crippen molar-refractivity contribution >= 4 is 69.8 Å². The molecule has 0 saturated carbocycles. The Morgan fingerprint density at radius 2 is 1.78 bits per heavy atom. The Kier molecular flexibility index (Phi) is 10.3. The predicted octanol–water partition coefficient (Wildman–Crippen LogP) is 7.78. The molecule has 0 unspecified atom stereocenters. The summed E-state index contributed by atoms with van der Waals surface area (Å²) >= 11 is 26.5. The van der Waals surface area contributed by atoms with Gasteiger partial charge in [-0.1, -0.05) is 82.0 Å². The van der Waals surface area contributed by atoms with E-state index in [1.807, 2.05) is 38.1 Å². The minimum Gasteiger partial charge on any atom is -0.491 e. The maximum Gasteiger partial charge on any atom is 0.338 e. The van der Waals surface area contributed by atoms with E-state index in [9.17, 15) is 9.59 Å². The highest BCUT2D eigenvalue weighted by atomic mass is 35.5. The van der Waals surface area contributed by atoms with Crippen molar-refractivity contribution < 1.29 is 19.0 Å². The third-order valence-corrected chi connectivity index (χ3v) is 8.87. The number of hydrogen-bond donors (Lipinski definition) is 0. The standard InChI is InChI=1S/C33H28Cl4N2O5S/c1-5-42-32(41)28-18(4)38-33-39(29(28)23-8-6-7-9-26(23)44-17(2)3)31(40)27(45-33)13-20-12-22(35)15-25(37)30(20)43-16-19-10-11-21(34)14-24(19)36/h6-15,17,29H,5,16H2,1-4H3/b27-13-/t29-/m1/s1. The lowest BCUT2D eigenvalue weighted by atomic mass is 9.95. The first kappa shape index (κ1) is 33.1. The molecule has 7 nitrogen and oxygen atoms in total. The van der Waals surface area contributed by atoms with Gasteiger partial charge in [-0.2, -0.15) is 0 Å². The number of aromatic nitrogens is 1. The summed E-state index contributed by atoms with van der Waals surface area (Å²) < 4.78 is 19.5. The summed E-state index contributed by atoms with van der Waals surface area (Å²) in [7, 11) is 0. The topological polar surface area (TPSA) is 79.1 Å². The van der Waals surface area contributed by atoms with Gasteiger partial charge in [0.1, 0.15) is 24.1 Å². The number of carbonyl (C=O) groups excluding carboxylic acids is 1. The van der Waals surface area contributed by atoms with Crippen LogP contribution in [0.1, 0.15) is 50.4 Å². The maximum absolute atomic E-state index is 14.2. The Hall–Kier alpha value is -3.27. The fourth-order valence-corrected chi connectivity index (χ4v) is 6.99. The number of carbonyl (C=O) groups is 1. The van der Waals surface area contributed by atoms with E-state index in [4.69, 9.17) is 60.6 Å². The van der Waals surface area contributed by atoms with Gasteiger partial charge in [-0.25, -0.2) is 9.79 Å². The molecule has 0 N–H and O–H groups in total. The molecule has 1 aromatic heterocycles. The highest BCUT2D eigenvalue weighted by Gasteiger charge is 2.35. The van der Waals surface area contributed by atoms with Gasteiger partial charge >= 0.3 is 5.97 Å². The number of nitrogens with zero attached hydrogens (tertiary/aromatic N) is 2. The average Bonchev–Trinajstić information content (AvgIpc) is 3.26. The predicted molar refractivity (Wildman–Crippen MR) is 180 cm³/mol. The van der Waals surface area contributed by atoms with Gasteiger partial charge in [0.2, 0.25) is 0 Å². The van der Waals surface area contributed by atoms with Gasteiger partial charge in [0.25, 0.3) is 5.56 Å². The lowest BCUT2D eigenvalue weighted by molar-refractivity contribution is -0.139. The van der Waals surface area contributed by atoms with Crippen LogP contribution in [-0.2, 0) is 16.1 Å². The molecule has 0 aliphatic carbocycles. The molecular formula is C33H28Cl4N2O5S. The van der Waals surface area contributed by atoms with Gasteiger partial charge < -0.3 is 14.2 Å². The minimum absolute atomic E-state index is 0.0914. The maximum atomic E-state index is 14.2. The van der Waals surface area contributed by atoms with E-state index in [2.05, 4.69) is 4.99 Å². The molecule has 0 spiro atoms. The molecule has 1 atom stereocenters. The summed E-state index contributed by atoms with van der Waals surface area (Å²) in [5.74, 6) is 0.297. The van der Waals surface area contributed by atoms with E-state index >= 15 is 0 Å². The van der Waals surface area contributed by atoms with Crippen molar-refractivity contribution in [2.75, 3.05) is 6.61 Å². The van der Waals surface area contributed by atoms with Crippen molar-refractivity contribution in [1.29, 1.82) is 0 Å². The number of allylic oxidation sites excluding steroid dienone is 1. The molecule has 0 fully saturated rings. The largest absolute Gasteiger partial charge is 0.491 e. The second-order valence-corrected chi connectivity index (χ2v) is 13.0. The smallest absolute Gasteiger partial charge is 0.338 e. The zero-order valence-electron chi connectivity index (χ0n) is 24.7. The number of hydrogen-bond acceptors (Lipinski definition) is 7. The van der Waals surface area contributed by atoms with Crippen LogP contribution in [0, 0.1) is 0 Å². The molecular weight excluding hydrogens is 678 g/mol. The fourth-order valence-electron chi connectivity index (χ4n) is 4.92. The molecule has 0 saturated heterocycles. The van der Waals surface area contributed by atoms with E-state index in [0.29, 0.717) is 58.3 Å². The monoisotopic (exact) mass is 704 g/mol. The van der Waals surface area contributed by atoms with Gasteiger partial charge in [0.15, 0.2) is 4.80 Å². The number of halogens is 4. The van der Waals surface area contributed by atoms with Gasteiger partial charge in [-0.05, 0) is 64.1 Å². The van der Waals surface area contributed by atoms with E-state index < -0.39 is 12.0 Å². The van der Waals surface area contributed by atoms with Crippen molar-refractivity contribution in [2.45, 2.75) is 46.4 Å². The van der Waals surface area contributed by atoms with Gasteiger partial charge in [-0.15, -0.1) is 0 Å². The van der Waals surface area contributed by atoms with Crippen molar-refractivity contribution in [3.63, 3.8) is 0 Å². The van der Waals surface area contributed by atoms with E-state index in [1.54, 1.807) is 50.3 Å². The quantitative estimate of drug-likeness (QED) is 0.166. The minimum atomic E-state index is -0.844. The second-order valence-electron chi connectivity index (χ2n) is 10.3. The van der Waals surface area contributed by atoms with Crippen LogP contribution in [0.15, 0.2) is 75.7 Å². The number of thiazole rings is 1. The third kappa shape index (κ3) is 7.11. The molecule has 1 aliphatic heterocycles. The molecule has 4 aromatic rings. The molecule has 45 heavy (non-hydrogen) atoms. The third-order valence-electron chi connectivity index (χ3n) is 6.80. The van der Waals surface area contributed by atoms with E-state index in [-0.39, 0.29) is 35.5 Å². The lowest BCUT2D eigenvalue weighted by Crippen LogP contribution is -2.40. The molecule has 0 bridgehead atoms. The van der Waals surface area contributed by atoms with Gasteiger partial charge in [0.05, 0.1) is 33.5 Å². The molecule has 1 aliphatic rings. The van der Waals surface area contributed by atoms with Crippen LogP contribution in [0.25, 0.3) is 6.08 Å². The van der Waals surface area contributed by atoms with Gasteiger partial charge in [-0.3, -0.25) is 9.36 Å². The molecule has 0 radical (unpaired) electrons. The molecule has 0 amide bonds. The summed E-state index contributed by atoms with van der Waals surface area (Å²) in [6, 6.07) is 14.8. The van der Waals surface area contributed by atoms with Crippen molar-refractivity contribution in [3.8, 4) is 11.5 Å². The Morgan fingerprint density at radius 1 is 1.04 bits per heavy atom. The first-order valence-corrected chi connectivity index (χ1v) is 16.3. The molecule has 3 aromatic carbocycles. The highest BCUT2D eigenvalue weighted by molar-refractivity contribution is 7.07. The Balaban J connectivity index is 1.67. The number of rotatable bonds is 9. The van der Waals surface area contributed by atoms with Crippen LogP contribution in [0.5, 0.6) is 11.5 Å². The first-order chi connectivity index (χ1) is 21.5. The number of esters is 1. The van der Waals surface area contributed by atoms with Crippen molar-refractivity contribution in [3.05, 3.63) is 122 Å². The highest BCUT2D eigenvalue weighted by Crippen LogP contribution is 2.37. The van der Waals surface area contributed by atoms with Crippen LogP contribution >= 0.6 is 57.7 Å². The number of benzene rings is 3. The summed E-state index contributed by atoms with van der Waals surface area (Å²) in [5, 5.41) is 1.55. The summed E-state index contributed by atoms with van der Waals surface area (Å²) in [4.78, 5) is 32.6. The normalized spacial score (nSPS) is 14.8. The van der Waals surface area contributed by atoms with Crippen LogP contribution in [0.4, 0.5) is 0 Å². The molecule has 2 heterocycles. The number of fused-ring (bicyclic) bond motifs is 1. The Bertz CT molecular complexity index is 2000. The van der Waals surface area contributed by atoms with Crippen molar-refractivity contribution in [1.82, 2.24) is 4.57 Å². The van der Waals surface area contributed by atoms with Crippen LogP contribution in [-0.4, -0.2) is 23.2 Å².